The maximum Gasteiger partial charge on any atom is 0.309 e. The first-order chi connectivity index (χ1) is 12.7. The maximum atomic E-state index is 11.5. The van der Waals surface area contributed by atoms with Crippen molar-refractivity contribution in [2.75, 3.05) is 20.8 Å². The molecule has 0 aliphatic carbocycles. The zero-order chi connectivity index (χ0) is 18.8. The van der Waals surface area contributed by atoms with E-state index in [0.717, 1.165) is 28.2 Å². The monoisotopic (exact) mass is 352 g/mol. The van der Waals surface area contributed by atoms with Crippen LogP contribution >= 0.6 is 0 Å². The Kier molecular flexibility index (Phi) is 7.49. The van der Waals surface area contributed by atoms with Crippen LogP contribution in [-0.2, 0) is 9.53 Å². The first-order valence-electron chi connectivity index (χ1n) is 8.49. The number of esters is 1. The molecule has 0 fully saturated rings. The predicted molar refractivity (Wildman–Crippen MR) is 103 cm³/mol. The molecule has 0 atom stereocenters. The summed E-state index contributed by atoms with van der Waals surface area (Å²) in [5, 5.41) is 0. The average Bonchev–Trinajstić information content (AvgIpc) is 2.68. The van der Waals surface area contributed by atoms with Crippen LogP contribution in [0.4, 0.5) is 0 Å². The van der Waals surface area contributed by atoms with Crippen molar-refractivity contribution in [2.45, 2.75) is 13.3 Å². The van der Waals surface area contributed by atoms with Gasteiger partial charge in [-0.1, -0.05) is 42.5 Å². The summed E-state index contributed by atoms with van der Waals surface area (Å²) in [5.74, 6) is 1.33. The van der Waals surface area contributed by atoms with Crippen molar-refractivity contribution >= 4 is 11.5 Å². The van der Waals surface area contributed by atoms with Gasteiger partial charge in [0.1, 0.15) is 11.5 Å². The van der Waals surface area contributed by atoms with E-state index in [1.54, 1.807) is 27.2 Å². The molecule has 0 N–H and O–H groups in total. The third-order valence-corrected chi connectivity index (χ3v) is 3.75. The Labute approximate surface area is 154 Å². The lowest BCUT2D eigenvalue weighted by atomic mass is 9.97. The van der Waals surface area contributed by atoms with Crippen LogP contribution in [0.5, 0.6) is 11.5 Å². The van der Waals surface area contributed by atoms with Gasteiger partial charge in [-0.05, 0) is 47.9 Å². The van der Waals surface area contributed by atoms with Crippen molar-refractivity contribution < 1.29 is 19.0 Å². The number of methoxy groups -OCH3 is 2. The van der Waals surface area contributed by atoms with E-state index in [-0.39, 0.29) is 12.4 Å². The quantitative estimate of drug-likeness (QED) is 0.513. The number of carbonyl (C=O) groups is 1. The molecule has 0 saturated carbocycles. The van der Waals surface area contributed by atoms with Gasteiger partial charge in [-0.3, -0.25) is 4.79 Å². The highest BCUT2D eigenvalue weighted by Crippen LogP contribution is 2.28. The van der Waals surface area contributed by atoms with Crippen LogP contribution in [0.15, 0.2) is 66.8 Å². The lowest BCUT2D eigenvalue weighted by molar-refractivity contribution is -0.142. The molecule has 0 unspecified atom stereocenters. The molecular formula is C22H24O4. The zero-order valence-electron chi connectivity index (χ0n) is 15.4. The second-order valence-corrected chi connectivity index (χ2v) is 5.48. The van der Waals surface area contributed by atoms with Gasteiger partial charge in [-0.2, -0.15) is 0 Å². The molecule has 0 amide bonds. The van der Waals surface area contributed by atoms with Crippen LogP contribution in [0, 0.1) is 0 Å². The summed E-state index contributed by atoms with van der Waals surface area (Å²) in [6, 6.07) is 15.7. The number of carbonyl (C=O) groups excluding carboxylic acids is 1. The molecule has 136 valence electrons. The molecule has 0 aliphatic rings. The van der Waals surface area contributed by atoms with E-state index < -0.39 is 0 Å². The number of benzene rings is 2. The fraction of sp³-hybridized carbons (Fsp3) is 0.227. The number of hydrogen-bond acceptors (Lipinski definition) is 4. The van der Waals surface area contributed by atoms with Gasteiger partial charge in [0.25, 0.3) is 0 Å². The van der Waals surface area contributed by atoms with Crippen molar-refractivity contribution in [3.8, 4) is 11.5 Å². The molecule has 2 aromatic rings. The van der Waals surface area contributed by atoms with Crippen LogP contribution in [0.3, 0.4) is 0 Å². The molecule has 2 aromatic carbocycles. The highest BCUT2D eigenvalue weighted by molar-refractivity contribution is 5.82. The summed E-state index contributed by atoms with van der Waals surface area (Å²) < 4.78 is 15.6. The van der Waals surface area contributed by atoms with Crippen LogP contribution in [0.1, 0.15) is 24.5 Å². The third kappa shape index (κ3) is 5.52. The van der Waals surface area contributed by atoms with Gasteiger partial charge in [-0.15, -0.1) is 0 Å². The Morgan fingerprint density at radius 3 is 2.04 bits per heavy atom. The van der Waals surface area contributed by atoms with Crippen molar-refractivity contribution in [1.82, 2.24) is 0 Å². The smallest absolute Gasteiger partial charge is 0.309 e. The van der Waals surface area contributed by atoms with E-state index in [1.165, 1.54) is 0 Å². The third-order valence-electron chi connectivity index (χ3n) is 3.75. The topological polar surface area (TPSA) is 44.8 Å². The second kappa shape index (κ2) is 10.1. The summed E-state index contributed by atoms with van der Waals surface area (Å²) in [6.45, 7) is 2.19. The van der Waals surface area contributed by atoms with Crippen molar-refractivity contribution in [3.63, 3.8) is 0 Å². The first-order valence-corrected chi connectivity index (χ1v) is 8.49. The summed E-state index contributed by atoms with van der Waals surface area (Å²) >= 11 is 0. The minimum absolute atomic E-state index is 0.235. The van der Waals surface area contributed by atoms with Gasteiger partial charge in [-0.25, -0.2) is 0 Å². The minimum atomic E-state index is -0.235. The number of allylic oxidation sites excluding steroid dienone is 2. The van der Waals surface area contributed by atoms with Crippen molar-refractivity contribution in [2.24, 2.45) is 0 Å². The van der Waals surface area contributed by atoms with E-state index in [4.69, 9.17) is 14.2 Å². The van der Waals surface area contributed by atoms with Gasteiger partial charge in [0.2, 0.25) is 0 Å². The van der Waals surface area contributed by atoms with E-state index in [2.05, 4.69) is 0 Å². The van der Waals surface area contributed by atoms with Crippen LogP contribution in [0.25, 0.3) is 5.57 Å². The molecule has 4 nitrogen and oxygen atoms in total. The maximum absolute atomic E-state index is 11.5. The lowest BCUT2D eigenvalue weighted by Crippen LogP contribution is -2.01. The van der Waals surface area contributed by atoms with Crippen LogP contribution in [-0.4, -0.2) is 26.8 Å². The fourth-order valence-electron chi connectivity index (χ4n) is 2.49. The molecular weight excluding hydrogens is 328 g/mol. The summed E-state index contributed by atoms with van der Waals surface area (Å²) in [5.41, 5.74) is 3.03. The van der Waals surface area contributed by atoms with E-state index in [9.17, 15) is 4.79 Å². The standard InChI is InChI=1S/C22H24O4/c1-4-26-22(23)14-6-5-13-21(17-9-7-11-19(15-17)24-2)18-10-8-12-20(16-18)25-3/h5-13,15-16H,4,14H2,1-3H3/b6-5-. The molecule has 0 heterocycles. The van der Waals surface area contributed by atoms with Crippen LogP contribution < -0.4 is 9.47 Å². The van der Waals surface area contributed by atoms with Gasteiger partial charge >= 0.3 is 5.97 Å². The van der Waals surface area contributed by atoms with Gasteiger partial charge < -0.3 is 14.2 Å². The molecule has 0 aromatic heterocycles. The average molecular weight is 352 g/mol. The normalized spacial score (nSPS) is 10.4. The lowest BCUT2D eigenvalue weighted by Gasteiger charge is -2.11. The zero-order valence-corrected chi connectivity index (χ0v) is 15.4. The number of ether oxygens (including phenoxy) is 3. The molecule has 2 rings (SSSR count). The summed E-state index contributed by atoms with van der Waals surface area (Å²) in [6.07, 6.45) is 5.88. The minimum Gasteiger partial charge on any atom is -0.497 e. The molecule has 0 bridgehead atoms. The molecule has 4 heteroatoms. The summed E-state index contributed by atoms with van der Waals surface area (Å²) in [7, 11) is 3.29. The highest BCUT2D eigenvalue weighted by Gasteiger charge is 2.07. The molecule has 0 aliphatic heterocycles. The molecule has 0 spiro atoms. The van der Waals surface area contributed by atoms with Gasteiger partial charge in [0.05, 0.1) is 27.2 Å². The molecule has 0 saturated heterocycles. The van der Waals surface area contributed by atoms with Crippen molar-refractivity contribution in [3.05, 3.63) is 77.9 Å². The highest BCUT2D eigenvalue weighted by atomic mass is 16.5. The summed E-state index contributed by atoms with van der Waals surface area (Å²) in [4.78, 5) is 11.5. The van der Waals surface area contributed by atoms with E-state index >= 15 is 0 Å². The number of rotatable bonds is 8. The second-order valence-electron chi connectivity index (χ2n) is 5.48. The Morgan fingerprint density at radius 1 is 0.962 bits per heavy atom. The Balaban J connectivity index is 2.36. The fourth-order valence-corrected chi connectivity index (χ4v) is 2.49. The predicted octanol–water partition coefficient (Wildman–Crippen LogP) is 4.64. The van der Waals surface area contributed by atoms with E-state index in [0.29, 0.717) is 6.61 Å². The molecule has 0 radical (unpaired) electrons. The van der Waals surface area contributed by atoms with Crippen molar-refractivity contribution in [1.29, 1.82) is 0 Å². The SMILES string of the molecule is CCOC(=O)C/C=C\C=C(c1cccc(OC)c1)c1cccc(OC)c1. The molecule has 26 heavy (non-hydrogen) atoms. The van der Waals surface area contributed by atoms with E-state index in [1.807, 2.05) is 60.7 Å². The Morgan fingerprint density at radius 2 is 1.54 bits per heavy atom. The van der Waals surface area contributed by atoms with Gasteiger partial charge in [0, 0.05) is 0 Å². The Hall–Kier alpha value is -3.01. The van der Waals surface area contributed by atoms with Crippen LogP contribution in [0.2, 0.25) is 0 Å². The number of hydrogen-bond donors (Lipinski definition) is 0. The van der Waals surface area contributed by atoms with Gasteiger partial charge in [0.15, 0.2) is 0 Å². The first kappa shape index (κ1) is 19.3. The Bertz CT molecular complexity index is 741. The largest absolute Gasteiger partial charge is 0.497 e.